The lowest BCUT2D eigenvalue weighted by Crippen LogP contribution is -2.29. The lowest BCUT2D eigenvalue weighted by Gasteiger charge is -2.20. The Bertz CT molecular complexity index is 1180. The highest BCUT2D eigenvalue weighted by Crippen LogP contribution is 2.24. The normalized spacial score (nSPS) is 11.0. The van der Waals surface area contributed by atoms with Gasteiger partial charge >= 0.3 is 0 Å². The molecular weight excluding hydrogens is 428 g/mol. The molecule has 3 rings (SSSR count). The first-order valence-electron chi connectivity index (χ1n) is 10.0. The lowest BCUT2D eigenvalue weighted by molar-refractivity contribution is 0.0946. The number of carbonyl (C=O) groups is 1. The Hall–Kier alpha value is -3.52. The van der Waals surface area contributed by atoms with Crippen molar-refractivity contribution >= 4 is 21.6 Å². The van der Waals surface area contributed by atoms with Gasteiger partial charge in [-0.05, 0) is 67.1 Å². The van der Waals surface area contributed by atoms with Crippen LogP contribution in [-0.4, -0.2) is 41.6 Å². The fourth-order valence-electron chi connectivity index (χ4n) is 3.03. The number of nitrogens with one attached hydrogen (secondary N) is 1. The number of aryl methyl sites for hydroxylation is 1. The van der Waals surface area contributed by atoms with Crippen molar-refractivity contribution in [2.24, 2.45) is 0 Å². The van der Waals surface area contributed by atoms with Crippen molar-refractivity contribution in [3.63, 3.8) is 0 Å². The molecular formula is C24H26N2O5S. The Kier molecular flexibility index (Phi) is 7.37. The van der Waals surface area contributed by atoms with Gasteiger partial charge in [0.1, 0.15) is 18.1 Å². The van der Waals surface area contributed by atoms with E-state index in [1.807, 2.05) is 31.2 Å². The van der Waals surface area contributed by atoms with Gasteiger partial charge in [0.15, 0.2) is 0 Å². The van der Waals surface area contributed by atoms with Gasteiger partial charge < -0.3 is 14.8 Å². The Labute approximate surface area is 188 Å². The summed E-state index contributed by atoms with van der Waals surface area (Å²) in [5.74, 6) is 0.987. The standard InChI is InChI=1S/C24H26N2O5S/c1-18-6-4-8-22(16-18)31-15-14-25-24(27)19-7-5-9-23(17-19)32(28,29)26(2)20-10-12-21(30-3)13-11-20/h4-13,16-17H,14-15H2,1-3H3,(H,25,27). The maximum Gasteiger partial charge on any atom is 0.264 e. The largest absolute Gasteiger partial charge is 0.497 e. The van der Waals surface area contributed by atoms with Crippen LogP contribution in [0.15, 0.2) is 77.7 Å². The van der Waals surface area contributed by atoms with E-state index in [1.54, 1.807) is 43.5 Å². The summed E-state index contributed by atoms with van der Waals surface area (Å²) in [4.78, 5) is 12.5. The second-order valence-electron chi connectivity index (χ2n) is 7.12. The second kappa shape index (κ2) is 10.2. The predicted molar refractivity (Wildman–Crippen MR) is 124 cm³/mol. The number of anilines is 1. The van der Waals surface area contributed by atoms with Gasteiger partial charge in [-0.15, -0.1) is 0 Å². The van der Waals surface area contributed by atoms with Crippen LogP contribution in [0.1, 0.15) is 15.9 Å². The Morgan fingerprint density at radius 2 is 1.69 bits per heavy atom. The van der Waals surface area contributed by atoms with Gasteiger partial charge in [-0.3, -0.25) is 9.10 Å². The Morgan fingerprint density at radius 1 is 0.969 bits per heavy atom. The molecule has 1 N–H and O–H groups in total. The van der Waals surface area contributed by atoms with Gasteiger partial charge in [0.25, 0.3) is 15.9 Å². The molecule has 0 atom stereocenters. The van der Waals surface area contributed by atoms with Crippen molar-refractivity contribution in [1.29, 1.82) is 0 Å². The Morgan fingerprint density at radius 3 is 2.38 bits per heavy atom. The van der Waals surface area contributed by atoms with Crippen LogP contribution in [0.25, 0.3) is 0 Å². The van der Waals surface area contributed by atoms with Gasteiger partial charge in [0.2, 0.25) is 0 Å². The van der Waals surface area contributed by atoms with Gasteiger partial charge in [0, 0.05) is 12.6 Å². The number of hydrogen-bond acceptors (Lipinski definition) is 5. The minimum Gasteiger partial charge on any atom is -0.497 e. The van der Waals surface area contributed by atoms with Crippen LogP contribution >= 0.6 is 0 Å². The molecule has 0 bridgehead atoms. The highest BCUT2D eigenvalue weighted by Gasteiger charge is 2.22. The summed E-state index contributed by atoms with van der Waals surface area (Å²) in [5.41, 5.74) is 1.82. The van der Waals surface area contributed by atoms with Gasteiger partial charge in [-0.1, -0.05) is 18.2 Å². The summed E-state index contributed by atoms with van der Waals surface area (Å²) in [7, 11) is -0.838. The molecule has 0 unspecified atom stereocenters. The first kappa shape index (κ1) is 23.1. The van der Waals surface area contributed by atoms with Gasteiger partial charge in [0.05, 0.1) is 24.2 Å². The number of amides is 1. The molecule has 0 radical (unpaired) electrons. The third kappa shape index (κ3) is 5.59. The predicted octanol–water partition coefficient (Wildman–Crippen LogP) is 3.64. The third-order valence-electron chi connectivity index (χ3n) is 4.84. The summed E-state index contributed by atoms with van der Waals surface area (Å²) in [6, 6.07) is 20.3. The quantitative estimate of drug-likeness (QED) is 0.499. The highest BCUT2D eigenvalue weighted by atomic mass is 32.2. The van der Waals surface area contributed by atoms with E-state index in [4.69, 9.17) is 9.47 Å². The number of methoxy groups -OCH3 is 1. The number of nitrogens with zero attached hydrogens (tertiary/aromatic N) is 1. The van der Waals surface area contributed by atoms with Crippen LogP contribution in [0, 0.1) is 6.92 Å². The van der Waals surface area contributed by atoms with Crippen molar-refractivity contribution in [2.75, 3.05) is 31.6 Å². The SMILES string of the molecule is COc1ccc(N(C)S(=O)(=O)c2cccc(C(=O)NCCOc3cccc(C)c3)c2)cc1. The van der Waals surface area contributed by atoms with Crippen LogP contribution in [0.4, 0.5) is 5.69 Å². The minimum absolute atomic E-state index is 0.0273. The van der Waals surface area contributed by atoms with Crippen molar-refractivity contribution in [2.45, 2.75) is 11.8 Å². The molecule has 0 aliphatic carbocycles. The molecule has 0 spiro atoms. The molecule has 32 heavy (non-hydrogen) atoms. The summed E-state index contributed by atoms with van der Waals surface area (Å²) in [5, 5.41) is 2.75. The summed E-state index contributed by atoms with van der Waals surface area (Å²) < 4.78 is 38.0. The number of sulfonamides is 1. The van der Waals surface area contributed by atoms with Crippen molar-refractivity contribution in [1.82, 2.24) is 5.32 Å². The number of benzene rings is 3. The number of hydrogen-bond donors (Lipinski definition) is 1. The van der Waals surface area contributed by atoms with Gasteiger partial charge in [-0.25, -0.2) is 8.42 Å². The monoisotopic (exact) mass is 454 g/mol. The van der Waals surface area contributed by atoms with E-state index in [1.165, 1.54) is 23.5 Å². The molecule has 0 heterocycles. The molecule has 168 valence electrons. The fraction of sp³-hybridized carbons (Fsp3) is 0.208. The van der Waals surface area contributed by atoms with E-state index in [2.05, 4.69) is 5.32 Å². The van der Waals surface area contributed by atoms with Crippen LogP contribution < -0.4 is 19.1 Å². The van der Waals surface area contributed by atoms with Crippen molar-refractivity contribution in [3.05, 3.63) is 83.9 Å². The smallest absolute Gasteiger partial charge is 0.264 e. The first-order valence-corrected chi connectivity index (χ1v) is 11.5. The maximum absolute atomic E-state index is 13.0. The Balaban J connectivity index is 1.64. The number of ether oxygens (including phenoxy) is 2. The molecule has 3 aromatic carbocycles. The molecule has 0 saturated carbocycles. The molecule has 0 saturated heterocycles. The van der Waals surface area contributed by atoms with Gasteiger partial charge in [-0.2, -0.15) is 0 Å². The van der Waals surface area contributed by atoms with E-state index < -0.39 is 10.0 Å². The van der Waals surface area contributed by atoms with Crippen molar-refractivity contribution in [3.8, 4) is 11.5 Å². The van der Waals surface area contributed by atoms with E-state index in [0.29, 0.717) is 18.0 Å². The second-order valence-corrected chi connectivity index (χ2v) is 9.09. The maximum atomic E-state index is 13.0. The number of carbonyl (C=O) groups excluding carboxylic acids is 1. The van der Waals surface area contributed by atoms with Crippen LogP contribution in [0.3, 0.4) is 0 Å². The summed E-state index contributed by atoms with van der Waals surface area (Å²) in [6.45, 7) is 2.56. The third-order valence-corrected chi connectivity index (χ3v) is 6.62. The average Bonchev–Trinajstić information content (AvgIpc) is 2.81. The van der Waals surface area contributed by atoms with E-state index in [9.17, 15) is 13.2 Å². The molecule has 3 aromatic rings. The summed E-state index contributed by atoms with van der Waals surface area (Å²) >= 11 is 0. The van der Waals surface area contributed by atoms with E-state index in [-0.39, 0.29) is 22.9 Å². The zero-order valence-electron chi connectivity index (χ0n) is 18.2. The zero-order valence-corrected chi connectivity index (χ0v) is 19.1. The van der Waals surface area contributed by atoms with Crippen LogP contribution in [0.5, 0.6) is 11.5 Å². The molecule has 7 nitrogen and oxygen atoms in total. The topological polar surface area (TPSA) is 84.9 Å². The fourth-order valence-corrected chi connectivity index (χ4v) is 4.27. The molecule has 0 aliphatic rings. The van der Waals surface area contributed by atoms with E-state index in [0.717, 1.165) is 11.3 Å². The summed E-state index contributed by atoms with van der Waals surface area (Å²) in [6.07, 6.45) is 0. The molecule has 0 fully saturated rings. The van der Waals surface area contributed by atoms with Crippen molar-refractivity contribution < 1.29 is 22.7 Å². The molecule has 0 aliphatic heterocycles. The highest BCUT2D eigenvalue weighted by molar-refractivity contribution is 7.92. The number of rotatable bonds is 9. The average molecular weight is 455 g/mol. The van der Waals surface area contributed by atoms with Crippen LogP contribution in [-0.2, 0) is 10.0 Å². The molecule has 8 heteroatoms. The zero-order chi connectivity index (χ0) is 23.1. The molecule has 0 aromatic heterocycles. The van der Waals surface area contributed by atoms with Crippen LogP contribution in [0.2, 0.25) is 0 Å². The lowest BCUT2D eigenvalue weighted by atomic mass is 10.2. The molecule has 1 amide bonds. The van der Waals surface area contributed by atoms with E-state index >= 15 is 0 Å². The minimum atomic E-state index is -3.85. The first-order chi connectivity index (χ1) is 15.3.